The number of halogens is 1. The van der Waals surface area contributed by atoms with Gasteiger partial charge in [-0.3, -0.25) is 0 Å². The number of pyridine rings is 1. The summed E-state index contributed by atoms with van der Waals surface area (Å²) in [6.45, 7) is 0. The van der Waals surface area contributed by atoms with Crippen LogP contribution in [-0.2, 0) is 0 Å². The molecule has 0 saturated carbocycles. The van der Waals surface area contributed by atoms with Gasteiger partial charge in [0.25, 0.3) is 0 Å². The fraction of sp³-hybridized carbons (Fsp3) is 0.0769. The first-order valence-electron chi connectivity index (χ1n) is 5.78. The van der Waals surface area contributed by atoms with Gasteiger partial charge in [0.05, 0.1) is 21.8 Å². The van der Waals surface area contributed by atoms with Gasteiger partial charge in [0.1, 0.15) is 16.5 Å². The van der Waals surface area contributed by atoms with Crippen molar-refractivity contribution in [2.24, 2.45) is 0 Å². The number of thiazole rings is 1. The second kappa shape index (κ2) is 5.26. The Balaban J connectivity index is 2.04. The van der Waals surface area contributed by atoms with Crippen molar-refractivity contribution in [3.63, 3.8) is 0 Å². The van der Waals surface area contributed by atoms with Crippen molar-refractivity contribution in [3.8, 4) is 16.5 Å². The van der Waals surface area contributed by atoms with Crippen molar-refractivity contribution >= 4 is 39.9 Å². The molecule has 0 unspecified atom stereocenters. The summed E-state index contributed by atoms with van der Waals surface area (Å²) in [5.41, 5.74) is 1.53. The summed E-state index contributed by atoms with van der Waals surface area (Å²) in [5, 5.41) is 12.8. The SMILES string of the molecule is Oc1ccc2nc(-c3ccc(NCS)c(F)n3)sc2c1. The van der Waals surface area contributed by atoms with Gasteiger partial charge < -0.3 is 10.4 Å². The lowest BCUT2D eigenvalue weighted by atomic mass is 10.3. The average molecular weight is 307 g/mol. The summed E-state index contributed by atoms with van der Waals surface area (Å²) >= 11 is 5.34. The smallest absolute Gasteiger partial charge is 0.236 e. The van der Waals surface area contributed by atoms with Crippen LogP contribution in [0.25, 0.3) is 20.9 Å². The summed E-state index contributed by atoms with van der Waals surface area (Å²) in [4.78, 5) is 8.29. The number of hydrogen-bond donors (Lipinski definition) is 3. The number of anilines is 1. The Bertz CT molecular complexity index is 775. The van der Waals surface area contributed by atoms with Gasteiger partial charge in [-0.1, -0.05) is 0 Å². The predicted molar refractivity (Wildman–Crippen MR) is 81.9 cm³/mol. The van der Waals surface area contributed by atoms with E-state index in [1.165, 1.54) is 11.3 Å². The van der Waals surface area contributed by atoms with Crippen LogP contribution in [0.4, 0.5) is 10.1 Å². The van der Waals surface area contributed by atoms with Crippen LogP contribution >= 0.6 is 24.0 Å². The summed E-state index contributed by atoms with van der Waals surface area (Å²) < 4.78 is 14.6. The third kappa shape index (κ3) is 2.41. The molecular weight excluding hydrogens is 297 g/mol. The van der Waals surface area contributed by atoms with E-state index in [1.54, 1.807) is 30.3 Å². The summed E-state index contributed by atoms with van der Waals surface area (Å²) in [6.07, 6.45) is 0. The van der Waals surface area contributed by atoms with E-state index in [-0.39, 0.29) is 5.75 Å². The average Bonchev–Trinajstić information content (AvgIpc) is 2.84. The van der Waals surface area contributed by atoms with Crippen LogP contribution in [0.2, 0.25) is 0 Å². The lowest BCUT2D eigenvalue weighted by Crippen LogP contribution is -2.00. The largest absolute Gasteiger partial charge is 0.508 e. The van der Waals surface area contributed by atoms with E-state index in [9.17, 15) is 9.50 Å². The van der Waals surface area contributed by atoms with Crippen LogP contribution in [0.5, 0.6) is 5.75 Å². The van der Waals surface area contributed by atoms with E-state index in [4.69, 9.17) is 0 Å². The molecule has 2 aromatic heterocycles. The molecule has 0 amide bonds. The monoisotopic (exact) mass is 307 g/mol. The highest BCUT2D eigenvalue weighted by atomic mass is 32.1. The first-order valence-corrected chi connectivity index (χ1v) is 7.23. The molecule has 7 heteroatoms. The Morgan fingerprint density at radius 3 is 2.85 bits per heavy atom. The van der Waals surface area contributed by atoms with E-state index >= 15 is 0 Å². The van der Waals surface area contributed by atoms with Gasteiger partial charge in [0.2, 0.25) is 5.95 Å². The number of phenolic OH excluding ortho intramolecular Hbond substituents is 1. The molecule has 0 radical (unpaired) electrons. The molecule has 0 spiro atoms. The summed E-state index contributed by atoms with van der Waals surface area (Å²) in [5.74, 6) is -0.0722. The van der Waals surface area contributed by atoms with Crippen LogP contribution in [0.15, 0.2) is 30.3 Å². The molecule has 3 aromatic rings. The quantitative estimate of drug-likeness (QED) is 0.394. The number of fused-ring (bicyclic) bond motifs is 1. The van der Waals surface area contributed by atoms with Gasteiger partial charge in [-0.25, -0.2) is 9.97 Å². The standard InChI is InChI=1S/C13H10FN3OS2/c14-12-9(15-6-19)3-4-10(16-12)13-17-8-2-1-7(18)5-11(8)20-13/h1-5,15,18-19H,6H2. The Morgan fingerprint density at radius 2 is 2.10 bits per heavy atom. The van der Waals surface area contributed by atoms with Gasteiger partial charge in [0.15, 0.2) is 0 Å². The molecule has 0 bridgehead atoms. The molecule has 3 rings (SSSR count). The van der Waals surface area contributed by atoms with Crippen molar-refractivity contribution in [1.82, 2.24) is 9.97 Å². The second-order valence-corrected chi connectivity index (χ2v) is 5.39. The third-order valence-electron chi connectivity index (χ3n) is 2.71. The molecule has 0 fully saturated rings. The maximum Gasteiger partial charge on any atom is 0.236 e. The van der Waals surface area contributed by atoms with Crippen molar-refractivity contribution in [1.29, 1.82) is 0 Å². The maximum absolute atomic E-state index is 13.8. The zero-order valence-corrected chi connectivity index (χ0v) is 11.9. The normalized spacial score (nSPS) is 10.9. The molecule has 0 aliphatic rings. The van der Waals surface area contributed by atoms with Crippen LogP contribution in [-0.4, -0.2) is 21.0 Å². The maximum atomic E-state index is 13.8. The molecule has 0 aliphatic heterocycles. The third-order valence-corrected chi connectivity index (χ3v) is 3.91. The Hall–Kier alpha value is -1.86. The van der Waals surface area contributed by atoms with Crippen molar-refractivity contribution < 1.29 is 9.50 Å². The zero-order valence-electron chi connectivity index (χ0n) is 10.2. The van der Waals surface area contributed by atoms with Gasteiger partial charge in [-0.2, -0.15) is 17.0 Å². The van der Waals surface area contributed by atoms with Crippen molar-refractivity contribution in [2.45, 2.75) is 0 Å². The topological polar surface area (TPSA) is 58.0 Å². The van der Waals surface area contributed by atoms with Gasteiger partial charge >= 0.3 is 0 Å². The Labute approximate surface area is 123 Å². The molecule has 0 atom stereocenters. The van der Waals surface area contributed by atoms with E-state index in [0.717, 1.165) is 10.2 Å². The first-order chi connectivity index (χ1) is 9.67. The first kappa shape index (κ1) is 13.1. The fourth-order valence-corrected chi connectivity index (χ4v) is 2.93. The molecule has 1 aromatic carbocycles. The minimum Gasteiger partial charge on any atom is -0.508 e. The minimum atomic E-state index is -0.585. The number of nitrogens with zero attached hydrogens (tertiary/aromatic N) is 2. The number of aromatic hydroxyl groups is 1. The Morgan fingerprint density at radius 1 is 1.25 bits per heavy atom. The lowest BCUT2D eigenvalue weighted by Gasteiger charge is -2.04. The van der Waals surface area contributed by atoms with Gasteiger partial charge in [0, 0.05) is 0 Å². The van der Waals surface area contributed by atoms with E-state index in [2.05, 4.69) is 27.9 Å². The van der Waals surface area contributed by atoms with E-state index < -0.39 is 5.95 Å². The Kier molecular flexibility index (Phi) is 3.45. The summed E-state index contributed by atoms with van der Waals surface area (Å²) in [7, 11) is 0. The number of phenols is 1. The second-order valence-electron chi connectivity index (χ2n) is 4.04. The van der Waals surface area contributed by atoms with Gasteiger partial charge in [-0.05, 0) is 30.3 Å². The molecule has 4 nitrogen and oxygen atoms in total. The number of thiol groups is 1. The molecule has 0 aliphatic carbocycles. The van der Waals surface area contributed by atoms with Crippen molar-refractivity contribution in [2.75, 3.05) is 11.2 Å². The highest BCUT2D eigenvalue weighted by Crippen LogP contribution is 2.31. The highest BCUT2D eigenvalue weighted by molar-refractivity contribution is 7.80. The van der Waals surface area contributed by atoms with Crippen LogP contribution in [0.3, 0.4) is 0 Å². The number of aromatic nitrogens is 2. The molecular formula is C13H10FN3OS2. The molecule has 20 heavy (non-hydrogen) atoms. The fourth-order valence-electron chi connectivity index (χ4n) is 1.79. The number of nitrogens with one attached hydrogen (secondary N) is 1. The highest BCUT2D eigenvalue weighted by Gasteiger charge is 2.11. The number of rotatable bonds is 3. The van der Waals surface area contributed by atoms with Crippen molar-refractivity contribution in [3.05, 3.63) is 36.3 Å². The van der Waals surface area contributed by atoms with E-state index in [1.807, 2.05) is 0 Å². The van der Waals surface area contributed by atoms with Gasteiger partial charge in [-0.15, -0.1) is 11.3 Å². The zero-order chi connectivity index (χ0) is 14.1. The molecule has 102 valence electrons. The number of hydrogen-bond acceptors (Lipinski definition) is 6. The molecule has 2 heterocycles. The van der Waals surface area contributed by atoms with Crippen LogP contribution < -0.4 is 5.32 Å². The predicted octanol–water partition coefficient (Wildman–Crippen LogP) is 3.50. The van der Waals surface area contributed by atoms with E-state index in [0.29, 0.717) is 22.3 Å². The summed E-state index contributed by atoms with van der Waals surface area (Å²) in [6, 6.07) is 8.23. The van der Waals surface area contributed by atoms with Crippen LogP contribution in [0.1, 0.15) is 0 Å². The lowest BCUT2D eigenvalue weighted by molar-refractivity contribution is 0.476. The van der Waals surface area contributed by atoms with Crippen LogP contribution in [0, 0.1) is 5.95 Å². The minimum absolute atomic E-state index is 0.181. The number of benzene rings is 1. The molecule has 2 N–H and O–H groups in total. The molecule has 0 saturated heterocycles.